The number of hydrogen-bond acceptors (Lipinski definition) is 3. The van der Waals surface area contributed by atoms with Crippen LogP contribution in [0.2, 0.25) is 0 Å². The maximum atomic E-state index is 10.9. The normalized spacial score (nSPS) is 16.2. The van der Waals surface area contributed by atoms with Crippen LogP contribution in [-0.2, 0) is 4.74 Å². The van der Waals surface area contributed by atoms with Crippen molar-refractivity contribution in [1.29, 1.82) is 0 Å². The first kappa shape index (κ1) is 11.1. The van der Waals surface area contributed by atoms with E-state index < -0.39 is 0 Å². The molecule has 1 aromatic carbocycles. The first-order valence-electron chi connectivity index (χ1n) is 5.61. The molecule has 86 valence electrons. The summed E-state index contributed by atoms with van der Waals surface area (Å²) in [5, 5.41) is 0. The van der Waals surface area contributed by atoms with E-state index in [1.165, 1.54) is 5.69 Å². The highest BCUT2D eigenvalue weighted by Crippen LogP contribution is 2.22. The summed E-state index contributed by atoms with van der Waals surface area (Å²) in [4.78, 5) is 13.2. The number of anilines is 1. The SMILES string of the molecule is Cc1cc(N2CCOCC2)cc(C)c1C=O. The van der Waals surface area contributed by atoms with Crippen LogP contribution in [0.15, 0.2) is 12.1 Å². The molecule has 0 spiro atoms. The molecule has 16 heavy (non-hydrogen) atoms. The Labute approximate surface area is 96.0 Å². The number of hydrogen-bond donors (Lipinski definition) is 0. The number of ether oxygens (including phenoxy) is 1. The summed E-state index contributed by atoms with van der Waals surface area (Å²) in [5.41, 5.74) is 4.12. The quantitative estimate of drug-likeness (QED) is 0.712. The second kappa shape index (κ2) is 4.66. The number of carbonyl (C=O) groups is 1. The van der Waals surface area contributed by atoms with Gasteiger partial charge in [0.1, 0.15) is 0 Å². The molecule has 0 unspecified atom stereocenters. The second-order valence-corrected chi connectivity index (χ2v) is 4.21. The minimum Gasteiger partial charge on any atom is -0.378 e. The highest BCUT2D eigenvalue weighted by atomic mass is 16.5. The van der Waals surface area contributed by atoms with Gasteiger partial charge in [-0.1, -0.05) is 0 Å². The van der Waals surface area contributed by atoms with Gasteiger partial charge in [0.2, 0.25) is 0 Å². The van der Waals surface area contributed by atoms with E-state index in [9.17, 15) is 4.79 Å². The van der Waals surface area contributed by atoms with Gasteiger partial charge in [0, 0.05) is 24.3 Å². The Bertz CT molecular complexity index is 372. The number of morpholine rings is 1. The van der Waals surface area contributed by atoms with Crippen LogP contribution in [-0.4, -0.2) is 32.6 Å². The molecule has 0 aliphatic carbocycles. The van der Waals surface area contributed by atoms with E-state index in [4.69, 9.17) is 4.74 Å². The smallest absolute Gasteiger partial charge is 0.150 e. The fourth-order valence-electron chi connectivity index (χ4n) is 2.14. The van der Waals surface area contributed by atoms with Crippen molar-refractivity contribution >= 4 is 12.0 Å². The lowest BCUT2D eigenvalue weighted by atomic mass is 10.0. The third-order valence-corrected chi connectivity index (χ3v) is 3.07. The van der Waals surface area contributed by atoms with Gasteiger partial charge >= 0.3 is 0 Å². The van der Waals surface area contributed by atoms with Crippen LogP contribution in [0.5, 0.6) is 0 Å². The Morgan fingerprint density at radius 2 is 1.75 bits per heavy atom. The average molecular weight is 219 g/mol. The van der Waals surface area contributed by atoms with Crippen molar-refractivity contribution in [3.63, 3.8) is 0 Å². The molecule has 0 radical (unpaired) electrons. The number of rotatable bonds is 2. The Kier molecular flexibility index (Phi) is 3.25. The number of carbonyl (C=O) groups excluding carboxylic acids is 1. The predicted molar refractivity (Wildman–Crippen MR) is 64.3 cm³/mol. The lowest BCUT2D eigenvalue weighted by molar-refractivity contribution is 0.112. The molecule has 0 aromatic heterocycles. The van der Waals surface area contributed by atoms with Crippen LogP contribution in [0.4, 0.5) is 5.69 Å². The molecule has 0 N–H and O–H groups in total. The second-order valence-electron chi connectivity index (χ2n) is 4.21. The van der Waals surface area contributed by atoms with E-state index in [-0.39, 0.29) is 0 Å². The Balaban J connectivity index is 2.31. The minimum absolute atomic E-state index is 0.785. The lowest BCUT2D eigenvalue weighted by Gasteiger charge is -2.29. The molecule has 2 rings (SSSR count). The zero-order valence-electron chi connectivity index (χ0n) is 9.82. The fraction of sp³-hybridized carbons (Fsp3) is 0.462. The van der Waals surface area contributed by atoms with Gasteiger partial charge in [-0.05, 0) is 37.1 Å². The molecule has 1 heterocycles. The molecular formula is C13H17NO2. The van der Waals surface area contributed by atoms with Gasteiger partial charge in [0.05, 0.1) is 13.2 Å². The van der Waals surface area contributed by atoms with Crippen molar-refractivity contribution in [3.8, 4) is 0 Å². The van der Waals surface area contributed by atoms with Crippen LogP contribution < -0.4 is 4.90 Å². The predicted octanol–water partition coefficient (Wildman–Crippen LogP) is 1.95. The van der Waals surface area contributed by atoms with E-state index >= 15 is 0 Å². The molecule has 0 saturated carbocycles. The first-order valence-corrected chi connectivity index (χ1v) is 5.61. The highest BCUT2D eigenvalue weighted by Gasteiger charge is 2.13. The monoisotopic (exact) mass is 219 g/mol. The molecule has 1 aliphatic heterocycles. The summed E-state index contributed by atoms with van der Waals surface area (Å²) >= 11 is 0. The zero-order chi connectivity index (χ0) is 11.5. The van der Waals surface area contributed by atoms with Crippen LogP contribution in [0.1, 0.15) is 21.5 Å². The summed E-state index contributed by atoms with van der Waals surface area (Å²) in [6.07, 6.45) is 0.938. The van der Waals surface area contributed by atoms with Gasteiger partial charge in [-0.3, -0.25) is 4.79 Å². The van der Waals surface area contributed by atoms with Crippen molar-refractivity contribution in [3.05, 3.63) is 28.8 Å². The van der Waals surface area contributed by atoms with Crippen LogP contribution in [0, 0.1) is 13.8 Å². The molecule has 1 fully saturated rings. The Morgan fingerprint density at radius 1 is 1.19 bits per heavy atom. The first-order chi connectivity index (χ1) is 7.72. The molecular weight excluding hydrogens is 202 g/mol. The maximum absolute atomic E-state index is 10.9. The summed E-state index contributed by atoms with van der Waals surface area (Å²) in [6, 6.07) is 4.17. The zero-order valence-corrected chi connectivity index (χ0v) is 9.82. The van der Waals surface area contributed by atoms with E-state index in [0.717, 1.165) is 49.3 Å². The third-order valence-electron chi connectivity index (χ3n) is 3.07. The molecule has 0 atom stereocenters. The summed E-state index contributed by atoms with van der Waals surface area (Å²) in [5.74, 6) is 0. The summed E-state index contributed by atoms with van der Waals surface area (Å²) in [7, 11) is 0. The van der Waals surface area contributed by atoms with Crippen molar-refractivity contribution in [1.82, 2.24) is 0 Å². The van der Waals surface area contributed by atoms with Crippen molar-refractivity contribution in [2.75, 3.05) is 31.2 Å². The number of nitrogens with zero attached hydrogens (tertiary/aromatic N) is 1. The highest BCUT2D eigenvalue weighted by molar-refractivity contribution is 5.81. The molecule has 3 nitrogen and oxygen atoms in total. The Hall–Kier alpha value is -1.35. The van der Waals surface area contributed by atoms with Gasteiger partial charge in [-0.15, -0.1) is 0 Å². The lowest BCUT2D eigenvalue weighted by Crippen LogP contribution is -2.36. The summed E-state index contributed by atoms with van der Waals surface area (Å²) in [6.45, 7) is 7.40. The van der Waals surface area contributed by atoms with Gasteiger partial charge in [0.25, 0.3) is 0 Å². The molecule has 1 aromatic rings. The van der Waals surface area contributed by atoms with Crippen LogP contribution >= 0.6 is 0 Å². The van der Waals surface area contributed by atoms with Gasteiger partial charge in [-0.2, -0.15) is 0 Å². The number of aryl methyl sites for hydroxylation is 2. The molecule has 3 heteroatoms. The van der Waals surface area contributed by atoms with Gasteiger partial charge in [0.15, 0.2) is 6.29 Å². The average Bonchev–Trinajstić information content (AvgIpc) is 2.30. The van der Waals surface area contributed by atoms with E-state index in [1.54, 1.807) is 0 Å². The van der Waals surface area contributed by atoms with E-state index in [1.807, 2.05) is 13.8 Å². The summed E-state index contributed by atoms with van der Waals surface area (Å²) < 4.78 is 5.33. The molecule has 1 saturated heterocycles. The maximum Gasteiger partial charge on any atom is 0.150 e. The van der Waals surface area contributed by atoms with Gasteiger partial charge in [-0.25, -0.2) is 0 Å². The number of aldehydes is 1. The standard InChI is InChI=1S/C13H17NO2/c1-10-7-12(8-11(2)13(10)9-15)14-3-5-16-6-4-14/h7-9H,3-6H2,1-2H3. The van der Waals surface area contributed by atoms with Crippen molar-refractivity contribution < 1.29 is 9.53 Å². The number of benzene rings is 1. The van der Waals surface area contributed by atoms with Gasteiger partial charge < -0.3 is 9.64 Å². The van der Waals surface area contributed by atoms with Crippen molar-refractivity contribution in [2.45, 2.75) is 13.8 Å². The molecule has 0 amide bonds. The van der Waals surface area contributed by atoms with Crippen LogP contribution in [0.3, 0.4) is 0 Å². The third kappa shape index (κ3) is 2.09. The Morgan fingerprint density at radius 3 is 2.25 bits per heavy atom. The van der Waals surface area contributed by atoms with E-state index in [2.05, 4.69) is 17.0 Å². The fourth-order valence-corrected chi connectivity index (χ4v) is 2.14. The van der Waals surface area contributed by atoms with Crippen molar-refractivity contribution in [2.24, 2.45) is 0 Å². The largest absolute Gasteiger partial charge is 0.378 e. The van der Waals surface area contributed by atoms with Crippen LogP contribution in [0.25, 0.3) is 0 Å². The topological polar surface area (TPSA) is 29.5 Å². The minimum atomic E-state index is 0.785. The molecule has 1 aliphatic rings. The molecule has 0 bridgehead atoms. The van der Waals surface area contributed by atoms with E-state index in [0.29, 0.717) is 0 Å².